The quantitative estimate of drug-likeness (QED) is 0.906. The lowest BCUT2D eigenvalue weighted by Crippen LogP contribution is -2.14. The minimum Gasteiger partial charge on any atom is -0.339 e. The summed E-state index contributed by atoms with van der Waals surface area (Å²) < 4.78 is 38.9. The van der Waals surface area contributed by atoms with Crippen molar-refractivity contribution >= 4 is 11.8 Å². The molecule has 0 atom stereocenters. The van der Waals surface area contributed by atoms with Gasteiger partial charge in [-0.2, -0.15) is 13.2 Å². The fourth-order valence-corrected chi connectivity index (χ4v) is 2.42. The van der Waals surface area contributed by atoms with Crippen molar-refractivity contribution in [2.45, 2.75) is 22.8 Å². The van der Waals surface area contributed by atoms with Gasteiger partial charge in [-0.15, -0.1) is 0 Å². The van der Waals surface area contributed by atoms with E-state index in [0.29, 0.717) is 10.1 Å². The predicted molar refractivity (Wildman–Crippen MR) is 66.9 cm³/mol. The Kier molecular flexibility index (Phi) is 4.16. The van der Waals surface area contributed by atoms with Crippen LogP contribution >= 0.6 is 11.8 Å². The Bertz CT molecular complexity index is 538. The maximum absolute atomic E-state index is 13.0. The Morgan fingerprint density at radius 2 is 2.16 bits per heavy atom. The molecule has 7 heteroatoms. The molecule has 102 valence electrons. The van der Waals surface area contributed by atoms with Crippen molar-refractivity contribution in [3.63, 3.8) is 0 Å². The van der Waals surface area contributed by atoms with E-state index in [1.807, 2.05) is 0 Å². The Balaban J connectivity index is 2.32. The van der Waals surface area contributed by atoms with E-state index in [1.165, 1.54) is 6.07 Å². The molecule has 0 fully saturated rings. The van der Waals surface area contributed by atoms with Gasteiger partial charge in [-0.3, -0.25) is 0 Å². The SMILES string of the molecule is CNCc1ccc(Sc2ncc[nH]2)cc1C(F)(F)F. The number of H-pyrrole nitrogens is 1. The number of halogens is 3. The third-order valence-electron chi connectivity index (χ3n) is 2.44. The van der Waals surface area contributed by atoms with Crippen LogP contribution in [-0.2, 0) is 12.7 Å². The second-order valence-corrected chi connectivity index (χ2v) is 4.91. The topological polar surface area (TPSA) is 40.7 Å². The van der Waals surface area contributed by atoms with Crippen LogP contribution in [0.4, 0.5) is 13.2 Å². The molecule has 0 saturated heterocycles. The van der Waals surface area contributed by atoms with E-state index in [9.17, 15) is 13.2 Å². The number of hydrogen-bond donors (Lipinski definition) is 2. The Hall–Kier alpha value is -1.47. The molecular formula is C12H12F3N3S. The monoisotopic (exact) mass is 287 g/mol. The second-order valence-electron chi connectivity index (χ2n) is 3.84. The maximum Gasteiger partial charge on any atom is 0.416 e. The first-order valence-corrected chi connectivity index (χ1v) is 6.34. The molecule has 0 saturated carbocycles. The molecule has 2 aromatic rings. The first-order chi connectivity index (χ1) is 9.00. The molecule has 0 aliphatic heterocycles. The van der Waals surface area contributed by atoms with Gasteiger partial charge in [0.25, 0.3) is 0 Å². The highest BCUT2D eigenvalue weighted by Crippen LogP contribution is 2.35. The van der Waals surface area contributed by atoms with Crippen molar-refractivity contribution in [1.82, 2.24) is 15.3 Å². The average Bonchev–Trinajstić information content (AvgIpc) is 2.83. The molecular weight excluding hydrogens is 275 g/mol. The summed E-state index contributed by atoms with van der Waals surface area (Å²) in [6, 6.07) is 4.31. The van der Waals surface area contributed by atoms with E-state index in [-0.39, 0.29) is 12.1 Å². The third-order valence-corrected chi connectivity index (χ3v) is 3.35. The molecule has 0 bridgehead atoms. The summed E-state index contributed by atoms with van der Waals surface area (Å²) in [5, 5.41) is 3.30. The molecule has 0 unspecified atom stereocenters. The van der Waals surface area contributed by atoms with E-state index in [0.717, 1.165) is 17.8 Å². The number of imidazole rings is 1. The Morgan fingerprint density at radius 3 is 2.74 bits per heavy atom. The fourth-order valence-electron chi connectivity index (χ4n) is 1.65. The molecule has 0 radical (unpaired) electrons. The van der Waals surface area contributed by atoms with Crippen molar-refractivity contribution < 1.29 is 13.2 Å². The highest BCUT2D eigenvalue weighted by molar-refractivity contribution is 7.99. The predicted octanol–water partition coefficient (Wildman–Crippen LogP) is 3.30. The van der Waals surface area contributed by atoms with Crippen molar-refractivity contribution in [3.05, 3.63) is 41.7 Å². The molecule has 0 aliphatic rings. The van der Waals surface area contributed by atoms with Gasteiger partial charge in [-0.25, -0.2) is 4.98 Å². The summed E-state index contributed by atoms with van der Waals surface area (Å²) in [5.41, 5.74) is -0.378. The highest BCUT2D eigenvalue weighted by Gasteiger charge is 2.33. The first-order valence-electron chi connectivity index (χ1n) is 5.52. The zero-order valence-electron chi connectivity index (χ0n) is 10.1. The summed E-state index contributed by atoms with van der Waals surface area (Å²) in [4.78, 5) is 7.32. The van der Waals surface area contributed by atoms with Gasteiger partial charge in [-0.1, -0.05) is 17.8 Å². The van der Waals surface area contributed by atoms with Crippen LogP contribution in [0.3, 0.4) is 0 Å². The smallest absolute Gasteiger partial charge is 0.339 e. The molecule has 3 nitrogen and oxygen atoms in total. The van der Waals surface area contributed by atoms with Crippen LogP contribution in [0, 0.1) is 0 Å². The maximum atomic E-state index is 13.0. The van der Waals surface area contributed by atoms with Gasteiger partial charge < -0.3 is 10.3 Å². The van der Waals surface area contributed by atoms with Crippen molar-refractivity contribution in [2.24, 2.45) is 0 Å². The van der Waals surface area contributed by atoms with Crippen LogP contribution in [0.1, 0.15) is 11.1 Å². The molecule has 2 N–H and O–H groups in total. The standard InChI is InChI=1S/C12H12F3N3S/c1-16-7-8-2-3-9(6-10(8)12(13,14)15)19-11-17-4-5-18-11/h2-6,16H,7H2,1H3,(H,17,18). The summed E-state index contributed by atoms with van der Waals surface area (Å²) in [7, 11) is 1.62. The number of nitrogens with one attached hydrogen (secondary N) is 2. The number of aromatic nitrogens is 2. The molecule has 1 aromatic carbocycles. The molecule has 0 amide bonds. The minimum absolute atomic E-state index is 0.181. The van der Waals surface area contributed by atoms with Crippen LogP contribution < -0.4 is 5.32 Å². The Labute approximate surface area is 112 Å². The highest BCUT2D eigenvalue weighted by atomic mass is 32.2. The molecule has 0 aliphatic carbocycles. The summed E-state index contributed by atoms with van der Waals surface area (Å²) >= 11 is 1.16. The number of aromatic amines is 1. The average molecular weight is 287 g/mol. The van der Waals surface area contributed by atoms with Gasteiger partial charge >= 0.3 is 6.18 Å². The van der Waals surface area contributed by atoms with Crippen LogP contribution in [-0.4, -0.2) is 17.0 Å². The molecule has 0 spiro atoms. The van der Waals surface area contributed by atoms with Gasteiger partial charge in [0.1, 0.15) is 0 Å². The molecule has 1 heterocycles. The third kappa shape index (κ3) is 3.51. The van der Waals surface area contributed by atoms with Crippen molar-refractivity contribution in [2.75, 3.05) is 7.05 Å². The number of benzene rings is 1. The summed E-state index contributed by atoms with van der Waals surface area (Å²) in [5.74, 6) is 0. The first kappa shape index (κ1) is 14.0. The second kappa shape index (κ2) is 5.66. The van der Waals surface area contributed by atoms with Gasteiger partial charge in [0, 0.05) is 23.8 Å². The van der Waals surface area contributed by atoms with E-state index in [2.05, 4.69) is 15.3 Å². The van der Waals surface area contributed by atoms with Gasteiger partial charge in [0.15, 0.2) is 5.16 Å². The summed E-state index contributed by atoms with van der Waals surface area (Å²) in [6.07, 6.45) is -1.17. The number of rotatable bonds is 4. The van der Waals surface area contributed by atoms with Crippen LogP contribution in [0.5, 0.6) is 0 Å². The molecule has 2 rings (SSSR count). The lowest BCUT2D eigenvalue weighted by molar-refractivity contribution is -0.138. The normalized spacial score (nSPS) is 11.8. The number of hydrogen-bond acceptors (Lipinski definition) is 3. The lowest BCUT2D eigenvalue weighted by Gasteiger charge is -2.13. The van der Waals surface area contributed by atoms with Gasteiger partial charge in [0.2, 0.25) is 0 Å². The van der Waals surface area contributed by atoms with Crippen LogP contribution in [0.15, 0.2) is 40.6 Å². The largest absolute Gasteiger partial charge is 0.416 e. The minimum atomic E-state index is -4.36. The summed E-state index contributed by atoms with van der Waals surface area (Å²) in [6.45, 7) is 0.181. The molecule has 19 heavy (non-hydrogen) atoms. The zero-order chi connectivity index (χ0) is 13.9. The van der Waals surface area contributed by atoms with Gasteiger partial charge in [0.05, 0.1) is 5.56 Å². The number of nitrogens with zero attached hydrogens (tertiary/aromatic N) is 1. The zero-order valence-corrected chi connectivity index (χ0v) is 10.9. The lowest BCUT2D eigenvalue weighted by atomic mass is 10.1. The van der Waals surface area contributed by atoms with Crippen molar-refractivity contribution in [1.29, 1.82) is 0 Å². The van der Waals surface area contributed by atoms with E-state index >= 15 is 0 Å². The Morgan fingerprint density at radius 1 is 1.37 bits per heavy atom. The van der Waals surface area contributed by atoms with Gasteiger partial charge in [-0.05, 0) is 24.7 Å². The van der Waals surface area contributed by atoms with E-state index in [1.54, 1.807) is 25.5 Å². The van der Waals surface area contributed by atoms with E-state index in [4.69, 9.17) is 0 Å². The fraction of sp³-hybridized carbons (Fsp3) is 0.250. The number of alkyl halides is 3. The van der Waals surface area contributed by atoms with E-state index < -0.39 is 11.7 Å². The van der Waals surface area contributed by atoms with Crippen molar-refractivity contribution in [3.8, 4) is 0 Å². The van der Waals surface area contributed by atoms with Crippen LogP contribution in [0.2, 0.25) is 0 Å². The molecule has 1 aromatic heterocycles. The van der Waals surface area contributed by atoms with Crippen LogP contribution in [0.25, 0.3) is 0 Å².